The van der Waals surface area contributed by atoms with Crippen LogP contribution in [0.25, 0.3) is 0 Å². The number of amides is 8. The molecule has 2 rings (SSSR count). The van der Waals surface area contributed by atoms with Gasteiger partial charge >= 0.3 is 13.9 Å². The predicted molar refractivity (Wildman–Crippen MR) is 175 cm³/mol. The van der Waals surface area contributed by atoms with Gasteiger partial charge in [0, 0.05) is 31.6 Å². The molecule has 0 saturated carbocycles. The van der Waals surface area contributed by atoms with Gasteiger partial charge in [-0.15, -0.1) is 0 Å². The van der Waals surface area contributed by atoms with E-state index in [4.69, 9.17) is 22.9 Å². The number of hydrogen-bond acceptors (Lipinski definition) is 16. The van der Waals surface area contributed by atoms with Gasteiger partial charge in [0.15, 0.2) is 12.2 Å². The second-order valence-electron chi connectivity index (χ2n) is 11.3. The van der Waals surface area contributed by atoms with Gasteiger partial charge in [-0.3, -0.25) is 33.3 Å². The molecule has 1 fully saturated rings. The molecule has 26 nitrogen and oxygen atoms in total. The van der Waals surface area contributed by atoms with Crippen LogP contribution in [0.3, 0.4) is 0 Å². The number of aliphatic hydroxyl groups excluding tert-OH is 2. The number of hydrogen-bond donors (Lipinski definition) is 16. The number of aliphatic hydroxyl groups is 2. The number of rotatable bonds is 12. The molecule has 8 amide bonds. The molecule has 0 spiro atoms. The van der Waals surface area contributed by atoms with Crippen molar-refractivity contribution in [2.45, 2.75) is 68.2 Å². The zero-order chi connectivity index (χ0) is 39.2. The summed E-state index contributed by atoms with van der Waals surface area (Å²) in [6, 6.07) is -10.5. The summed E-state index contributed by atoms with van der Waals surface area (Å²) in [5.74, 6) is -7.40. The summed E-state index contributed by atoms with van der Waals surface area (Å²) in [6.07, 6.45) is -0.691. The molecule has 27 heteroatoms. The number of nitrogens with zero attached hydrogens (tertiary/aromatic N) is 1. The maximum Gasteiger partial charge on any atom is 0.469 e. The lowest BCUT2D eigenvalue weighted by Crippen LogP contribution is -2.65. The second kappa shape index (κ2) is 20.2. The fourth-order valence-electron chi connectivity index (χ4n) is 4.62. The van der Waals surface area contributed by atoms with Crippen molar-refractivity contribution in [2.75, 3.05) is 26.3 Å². The Balaban J connectivity index is 2.62. The van der Waals surface area contributed by atoms with Gasteiger partial charge in [0.25, 0.3) is 5.91 Å². The molecule has 1 unspecified atom stereocenters. The van der Waals surface area contributed by atoms with Gasteiger partial charge in [-0.1, -0.05) is 0 Å². The number of carbonyl (C=O) groups excluding carboxylic acids is 7. The quantitative estimate of drug-likeness (QED) is 0.0648. The topological polar surface area (TPSA) is 439 Å². The summed E-state index contributed by atoms with van der Waals surface area (Å²) in [4.78, 5) is 113. The fraction of sp³-hybridized carbons (Fsp3) is 0.600. The van der Waals surface area contributed by atoms with E-state index in [-0.39, 0.29) is 25.3 Å². The number of urea groups is 1. The number of carbonyl (C=O) groups is 7. The molecule has 0 bridgehead atoms. The third kappa shape index (κ3) is 14.7. The lowest BCUT2D eigenvalue weighted by Gasteiger charge is -2.33. The van der Waals surface area contributed by atoms with Gasteiger partial charge < -0.3 is 85.5 Å². The van der Waals surface area contributed by atoms with Crippen LogP contribution in [0.5, 0.6) is 0 Å². The van der Waals surface area contributed by atoms with Crippen LogP contribution in [0.1, 0.15) is 25.7 Å². The molecular weight excluding hydrogens is 721 g/mol. The molecule has 0 aromatic carbocycles. The maximum absolute atomic E-state index is 13.7. The van der Waals surface area contributed by atoms with Crippen molar-refractivity contribution < 1.29 is 62.7 Å². The molecule has 1 saturated heterocycles. The molecular formula is C25H44N13O13P. The highest BCUT2D eigenvalue weighted by Crippen LogP contribution is 2.35. The van der Waals surface area contributed by atoms with Crippen LogP contribution < -0.4 is 65.5 Å². The molecule has 0 aromatic heterocycles. The summed E-state index contributed by atoms with van der Waals surface area (Å²) < 4.78 is 15.8. The van der Waals surface area contributed by atoms with Crippen molar-refractivity contribution in [3.63, 3.8) is 0 Å². The summed E-state index contributed by atoms with van der Waals surface area (Å²) in [6.45, 7) is -2.84. The molecule has 20 N–H and O–H groups in total. The number of phosphoric acid groups is 1. The van der Waals surface area contributed by atoms with Crippen LogP contribution in [0, 0.1) is 0 Å². The van der Waals surface area contributed by atoms with Crippen molar-refractivity contribution in [3.05, 3.63) is 11.9 Å². The van der Waals surface area contributed by atoms with E-state index in [1.54, 1.807) is 0 Å². The van der Waals surface area contributed by atoms with Crippen LogP contribution in [-0.2, 0) is 37.9 Å². The van der Waals surface area contributed by atoms with Crippen LogP contribution in [0.15, 0.2) is 16.9 Å². The van der Waals surface area contributed by atoms with Crippen LogP contribution >= 0.6 is 7.82 Å². The van der Waals surface area contributed by atoms with Crippen LogP contribution in [0.4, 0.5) is 4.79 Å². The summed E-state index contributed by atoms with van der Waals surface area (Å²) in [7, 11) is -5.28. The number of nitrogens with two attached hydrogens (primary N) is 4. The van der Waals surface area contributed by atoms with Crippen molar-refractivity contribution >= 4 is 55.3 Å². The van der Waals surface area contributed by atoms with Gasteiger partial charge in [-0.25, -0.2) is 14.4 Å². The molecule has 0 aliphatic carbocycles. The molecule has 0 radical (unpaired) electrons. The first kappa shape index (κ1) is 43.2. The first-order valence-corrected chi connectivity index (χ1v) is 17.0. The standard InChI is InChI=1S/C25H44N13O13P/c26-3-1-2-10(27)4-16(40)32-12-6-30-23(46)18(11-5-17(41)37-24(28)36-11)38-20(43)13(7-31-25(29)47)33-21(44)14(8-39)34-22(45)15(35-19(12)42)9-51-52(48,49)50/h7,10-12,14-15,17-18,39,41H,1-6,8-9,26-27H2,(H,30,46)(H,32,40)(H,33,44)(H,34,45)(H,35,42)(H,38,43)(H3,28,36,37)(H3,29,31,47)(H2,48,49,50)/b13-7-/t10-,11?,12-,14-,15-,17-,18-/m0/s1. The zero-order valence-corrected chi connectivity index (χ0v) is 28.3. The Morgan fingerprint density at radius 3 is 2.31 bits per heavy atom. The normalized spacial score (nSPS) is 26.7. The highest BCUT2D eigenvalue weighted by atomic mass is 31.2. The van der Waals surface area contributed by atoms with Gasteiger partial charge in [0.2, 0.25) is 29.5 Å². The smallest absolute Gasteiger partial charge is 0.394 e. The molecule has 292 valence electrons. The largest absolute Gasteiger partial charge is 0.469 e. The van der Waals surface area contributed by atoms with E-state index in [9.17, 15) is 58.1 Å². The van der Waals surface area contributed by atoms with Crippen LogP contribution in [-0.4, -0.2) is 136 Å². The Kier molecular flexibility index (Phi) is 16.8. The molecule has 2 aliphatic rings. The van der Waals surface area contributed by atoms with Crippen molar-refractivity contribution in [1.29, 1.82) is 0 Å². The Morgan fingerprint density at radius 1 is 1.04 bits per heavy atom. The van der Waals surface area contributed by atoms with Gasteiger partial charge in [0.05, 0.1) is 19.3 Å². The Hall–Kier alpha value is -4.95. The van der Waals surface area contributed by atoms with Crippen molar-refractivity contribution in [1.82, 2.24) is 42.5 Å². The molecule has 2 aliphatic heterocycles. The molecule has 7 atom stereocenters. The second-order valence-corrected chi connectivity index (χ2v) is 12.6. The summed E-state index contributed by atoms with van der Waals surface area (Å²) in [5.41, 5.74) is 21.4. The van der Waals surface area contributed by atoms with E-state index in [0.717, 1.165) is 0 Å². The Bertz CT molecular complexity index is 1460. The van der Waals surface area contributed by atoms with Gasteiger partial charge in [-0.2, -0.15) is 0 Å². The lowest BCUT2D eigenvalue weighted by molar-refractivity contribution is -0.135. The highest BCUT2D eigenvalue weighted by Gasteiger charge is 2.37. The fourth-order valence-corrected chi connectivity index (χ4v) is 4.97. The minimum absolute atomic E-state index is 0.284. The van der Waals surface area contributed by atoms with E-state index >= 15 is 0 Å². The number of phosphoric ester groups is 1. The SMILES string of the molecule is NCCC[C@H](N)CC(=O)N[C@H]1CNC(=O)[C@H](C2C[C@H](O)N=C(N)N2)NC(=O)/C(=C/NC(N)=O)NC(=O)[C@H](CO)NC(=O)[C@H](COP(=O)(O)O)NC1=O. The van der Waals surface area contributed by atoms with Crippen molar-refractivity contribution in [3.8, 4) is 0 Å². The predicted octanol–water partition coefficient (Wildman–Crippen LogP) is -8.77. The summed E-state index contributed by atoms with van der Waals surface area (Å²) >= 11 is 0. The third-order valence-corrected chi connectivity index (χ3v) is 7.62. The Labute approximate surface area is 294 Å². The summed E-state index contributed by atoms with van der Waals surface area (Å²) in [5, 5.41) is 37.7. The van der Waals surface area contributed by atoms with E-state index in [0.29, 0.717) is 19.0 Å². The van der Waals surface area contributed by atoms with E-state index in [2.05, 4.69) is 36.1 Å². The van der Waals surface area contributed by atoms with E-state index in [1.807, 2.05) is 16.0 Å². The Morgan fingerprint density at radius 2 is 1.71 bits per heavy atom. The first-order valence-electron chi connectivity index (χ1n) is 15.4. The maximum atomic E-state index is 13.7. The first-order chi connectivity index (χ1) is 24.3. The number of nitrogens with one attached hydrogen (secondary N) is 8. The minimum atomic E-state index is -5.28. The van der Waals surface area contributed by atoms with E-state index in [1.165, 1.54) is 0 Å². The number of guanidine groups is 1. The average Bonchev–Trinajstić information content (AvgIpc) is 3.04. The number of aliphatic imine (C=N–C) groups is 1. The zero-order valence-electron chi connectivity index (χ0n) is 27.4. The molecule has 2 heterocycles. The lowest BCUT2D eigenvalue weighted by atomic mass is 10.0. The van der Waals surface area contributed by atoms with Gasteiger partial charge in [0.1, 0.15) is 29.9 Å². The van der Waals surface area contributed by atoms with Crippen molar-refractivity contribution in [2.24, 2.45) is 27.9 Å². The molecule has 0 aromatic rings. The monoisotopic (exact) mass is 765 g/mol. The third-order valence-electron chi connectivity index (χ3n) is 7.14. The highest BCUT2D eigenvalue weighted by molar-refractivity contribution is 7.46. The van der Waals surface area contributed by atoms with E-state index < -0.39 is 117 Å². The van der Waals surface area contributed by atoms with Crippen LogP contribution in [0.2, 0.25) is 0 Å². The minimum Gasteiger partial charge on any atom is -0.394 e. The average molecular weight is 766 g/mol. The van der Waals surface area contributed by atoms with Gasteiger partial charge in [-0.05, 0) is 19.4 Å². The number of primary amides is 1. The molecule has 52 heavy (non-hydrogen) atoms.